The maximum atomic E-state index is 5.78. The van der Waals surface area contributed by atoms with Crippen LogP contribution in [0, 0.1) is 6.92 Å². The molecule has 0 unspecified atom stereocenters. The molecule has 0 aromatic carbocycles. The summed E-state index contributed by atoms with van der Waals surface area (Å²) in [6.07, 6.45) is 3.36. The van der Waals surface area contributed by atoms with Crippen molar-refractivity contribution in [3.8, 4) is 0 Å². The zero-order valence-corrected chi connectivity index (χ0v) is 11.9. The van der Waals surface area contributed by atoms with E-state index < -0.39 is 0 Å². The molecule has 0 radical (unpaired) electrons. The fraction of sp³-hybridized carbons (Fsp3) is 0.364. The van der Waals surface area contributed by atoms with Gasteiger partial charge in [0.2, 0.25) is 0 Å². The Kier molecular flexibility index (Phi) is 3.81. The zero-order chi connectivity index (χ0) is 13.1. The van der Waals surface area contributed by atoms with Gasteiger partial charge in [-0.15, -0.1) is 10.2 Å². The summed E-state index contributed by atoms with van der Waals surface area (Å²) >= 11 is 3.48. The van der Waals surface area contributed by atoms with Crippen LogP contribution in [0.15, 0.2) is 17.0 Å². The molecule has 0 aliphatic heterocycles. The predicted molar refractivity (Wildman–Crippen MR) is 74.1 cm³/mol. The van der Waals surface area contributed by atoms with E-state index in [4.69, 9.17) is 5.73 Å². The Hall–Kier alpha value is -1.63. The molecule has 0 amide bonds. The number of nitrogens with two attached hydrogens (primary N) is 1. The normalized spacial score (nSPS) is 10.6. The van der Waals surface area contributed by atoms with Crippen LogP contribution in [-0.2, 0) is 13.1 Å². The highest BCUT2D eigenvalue weighted by Gasteiger charge is 2.08. The summed E-state index contributed by atoms with van der Waals surface area (Å²) < 4.78 is 2.86. The van der Waals surface area contributed by atoms with Gasteiger partial charge in [0.15, 0.2) is 5.82 Å². The molecule has 6 nitrogen and oxygen atoms in total. The first-order valence-electron chi connectivity index (χ1n) is 5.64. The van der Waals surface area contributed by atoms with Crippen molar-refractivity contribution >= 4 is 27.4 Å². The number of aromatic nitrogens is 4. The molecular formula is C11H15BrN6. The van der Waals surface area contributed by atoms with Gasteiger partial charge >= 0.3 is 0 Å². The molecule has 2 rings (SSSR count). The van der Waals surface area contributed by atoms with E-state index in [9.17, 15) is 0 Å². The maximum Gasteiger partial charge on any atom is 0.152 e. The third-order valence-electron chi connectivity index (χ3n) is 2.75. The van der Waals surface area contributed by atoms with Gasteiger partial charge in [-0.05, 0) is 35.3 Å². The molecule has 3 N–H and O–H groups in total. The number of pyridine rings is 1. The Morgan fingerprint density at radius 2 is 2.28 bits per heavy atom. The van der Waals surface area contributed by atoms with Gasteiger partial charge in [-0.25, -0.2) is 4.98 Å². The van der Waals surface area contributed by atoms with Gasteiger partial charge in [0.25, 0.3) is 0 Å². The van der Waals surface area contributed by atoms with E-state index in [1.165, 1.54) is 0 Å². The Morgan fingerprint density at radius 3 is 3.00 bits per heavy atom. The van der Waals surface area contributed by atoms with Crippen LogP contribution < -0.4 is 11.1 Å². The van der Waals surface area contributed by atoms with Gasteiger partial charge in [0.1, 0.15) is 12.1 Å². The third kappa shape index (κ3) is 2.45. The smallest absolute Gasteiger partial charge is 0.152 e. The minimum absolute atomic E-state index is 0.572. The lowest BCUT2D eigenvalue weighted by molar-refractivity contribution is 0.707. The van der Waals surface area contributed by atoms with Crippen LogP contribution in [0.3, 0.4) is 0 Å². The molecule has 0 atom stereocenters. The number of anilines is 2. The molecule has 2 aromatic rings. The van der Waals surface area contributed by atoms with Crippen molar-refractivity contribution in [3.05, 3.63) is 28.4 Å². The summed E-state index contributed by atoms with van der Waals surface area (Å²) in [4.78, 5) is 4.25. The number of hydrogen-bond donors (Lipinski definition) is 2. The van der Waals surface area contributed by atoms with Crippen molar-refractivity contribution in [2.45, 2.75) is 26.9 Å². The lowest BCUT2D eigenvalue weighted by Crippen LogP contribution is -2.09. The Balaban J connectivity index is 2.14. The van der Waals surface area contributed by atoms with E-state index in [1.54, 1.807) is 12.5 Å². The Morgan fingerprint density at radius 1 is 1.50 bits per heavy atom. The average Bonchev–Trinajstić information content (AvgIpc) is 2.82. The zero-order valence-electron chi connectivity index (χ0n) is 10.3. The first-order chi connectivity index (χ1) is 8.63. The molecule has 0 fully saturated rings. The molecule has 0 bridgehead atoms. The molecule has 2 aromatic heterocycles. The summed E-state index contributed by atoms with van der Waals surface area (Å²) in [6.45, 7) is 5.41. The SMILES string of the molecule is CCn1cnnc1CNc1ncc(N)c(C)c1Br. The Labute approximate surface area is 114 Å². The summed E-state index contributed by atoms with van der Waals surface area (Å²) in [5, 5.41) is 11.2. The van der Waals surface area contributed by atoms with Crippen molar-refractivity contribution in [2.75, 3.05) is 11.1 Å². The second kappa shape index (κ2) is 5.34. The molecule has 0 aliphatic carbocycles. The van der Waals surface area contributed by atoms with Crippen LogP contribution in [-0.4, -0.2) is 19.7 Å². The standard InChI is InChI=1S/C11H15BrN6/c1-3-18-6-16-17-9(18)5-15-11-10(12)7(2)8(13)4-14-11/h4,6H,3,5,13H2,1-2H3,(H,14,15). The number of nitrogens with one attached hydrogen (secondary N) is 1. The topological polar surface area (TPSA) is 81.7 Å². The van der Waals surface area contributed by atoms with Gasteiger partial charge in [-0.3, -0.25) is 0 Å². The van der Waals surface area contributed by atoms with Crippen LogP contribution in [0.1, 0.15) is 18.3 Å². The quantitative estimate of drug-likeness (QED) is 0.902. The highest BCUT2D eigenvalue weighted by atomic mass is 79.9. The van der Waals surface area contributed by atoms with Crippen molar-refractivity contribution in [1.82, 2.24) is 19.7 Å². The average molecular weight is 311 g/mol. The number of halogens is 1. The fourth-order valence-electron chi connectivity index (χ4n) is 1.56. The van der Waals surface area contributed by atoms with Crippen LogP contribution in [0.4, 0.5) is 11.5 Å². The van der Waals surface area contributed by atoms with Gasteiger partial charge in [0, 0.05) is 6.54 Å². The third-order valence-corrected chi connectivity index (χ3v) is 3.72. The maximum absolute atomic E-state index is 5.78. The van der Waals surface area contributed by atoms with Crippen molar-refractivity contribution in [2.24, 2.45) is 0 Å². The molecule has 7 heteroatoms. The molecule has 0 spiro atoms. The molecule has 96 valence electrons. The molecule has 2 heterocycles. The second-order valence-electron chi connectivity index (χ2n) is 3.89. The number of hydrogen-bond acceptors (Lipinski definition) is 5. The molecule has 0 saturated heterocycles. The van der Waals surface area contributed by atoms with Crippen LogP contribution in [0.25, 0.3) is 0 Å². The lowest BCUT2D eigenvalue weighted by Gasteiger charge is -2.10. The largest absolute Gasteiger partial charge is 0.397 e. The highest BCUT2D eigenvalue weighted by molar-refractivity contribution is 9.10. The van der Waals surface area contributed by atoms with E-state index in [0.717, 1.165) is 28.2 Å². The number of rotatable bonds is 4. The summed E-state index contributed by atoms with van der Waals surface area (Å²) in [7, 11) is 0. The van der Waals surface area contributed by atoms with Crippen molar-refractivity contribution in [1.29, 1.82) is 0 Å². The monoisotopic (exact) mass is 310 g/mol. The summed E-state index contributed by atoms with van der Waals surface area (Å²) in [5.74, 6) is 1.63. The van der Waals surface area contributed by atoms with E-state index in [2.05, 4.69) is 36.4 Å². The number of nitrogen functional groups attached to an aromatic ring is 1. The number of aryl methyl sites for hydroxylation is 1. The molecule has 18 heavy (non-hydrogen) atoms. The highest BCUT2D eigenvalue weighted by Crippen LogP contribution is 2.27. The van der Waals surface area contributed by atoms with E-state index in [-0.39, 0.29) is 0 Å². The predicted octanol–water partition coefficient (Wildman–Crippen LogP) is 1.96. The summed E-state index contributed by atoms with van der Waals surface area (Å²) in [5.41, 5.74) is 7.43. The minimum atomic E-state index is 0.572. The summed E-state index contributed by atoms with van der Waals surface area (Å²) in [6, 6.07) is 0. The molecular weight excluding hydrogens is 296 g/mol. The van der Waals surface area contributed by atoms with Crippen LogP contribution in [0.5, 0.6) is 0 Å². The second-order valence-corrected chi connectivity index (χ2v) is 4.68. The number of nitrogens with zero attached hydrogens (tertiary/aromatic N) is 4. The Bertz CT molecular complexity index is 550. The van der Waals surface area contributed by atoms with E-state index in [1.807, 2.05) is 18.4 Å². The minimum Gasteiger partial charge on any atom is -0.397 e. The lowest BCUT2D eigenvalue weighted by atomic mass is 10.2. The van der Waals surface area contributed by atoms with Gasteiger partial charge in [-0.2, -0.15) is 0 Å². The van der Waals surface area contributed by atoms with Gasteiger partial charge < -0.3 is 15.6 Å². The van der Waals surface area contributed by atoms with Crippen molar-refractivity contribution < 1.29 is 0 Å². The first-order valence-corrected chi connectivity index (χ1v) is 6.44. The van der Waals surface area contributed by atoms with Gasteiger partial charge in [0.05, 0.1) is 22.9 Å². The van der Waals surface area contributed by atoms with E-state index >= 15 is 0 Å². The van der Waals surface area contributed by atoms with Crippen LogP contribution in [0.2, 0.25) is 0 Å². The molecule has 0 aliphatic rings. The van der Waals surface area contributed by atoms with Gasteiger partial charge in [-0.1, -0.05) is 0 Å². The van der Waals surface area contributed by atoms with E-state index in [0.29, 0.717) is 12.2 Å². The van der Waals surface area contributed by atoms with Crippen molar-refractivity contribution in [3.63, 3.8) is 0 Å². The fourth-order valence-corrected chi connectivity index (χ4v) is 2.03. The first kappa shape index (κ1) is 12.8. The van der Waals surface area contributed by atoms with Crippen LogP contribution >= 0.6 is 15.9 Å². The molecule has 0 saturated carbocycles.